The molecule has 1 fully saturated rings. The second-order valence-electron chi connectivity index (χ2n) is 4.97. The molecule has 102 valence electrons. The molecule has 1 saturated heterocycles. The molecule has 0 aromatic rings. The van der Waals surface area contributed by atoms with Crippen LogP contribution in [-0.2, 0) is 4.74 Å². The van der Waals surface area contributed by atoms with E-state index in [4.69, 9.17) is 4.74 Å². The summed E-state index contributed by atoms with van der Waals surface area (Å²) in [5.41, 5.74) is 0.439. The molecule has 0 saturated carbocycles. The van der Waals surface area contributed by atoms with E-state index < -0.39 is 0 Å². The maximum absolute atomic E-state index is 5.60. The van der Waals surface area contributed by atoms with Crippen LogP contribution in [0, 0.1) is 0 Å². The number of allylic oxidation sites excluding steroid dienone is 2. The highest BCUT2D eigenvalue weighted by Gasteiger charge is 2.34. The minimum atomic E-state index is 0.439. The van der Waals surface area contributed by atoms with E-state index in [0.29, 0.717) is 5.54 Å². The van der Waals surface area contributed by atoms with Crippen LogP contribution in [0.15, 0.2) is 11.8 Å². The van der Waals surface area contributed by atoms with Crippen molar-refractivity contribution in [2.24, 2.45) is 0 Å². The van der Waals surface area contributed by atoms with Crippen molar-refractivity contribution >= 4 is 0 Å². The first-order chi connectivity index (χ1) is 8.06. The zero-order valence-corrected chi connectivity index (χ0v) is 12.7. The fourth-order valence-corrected chi connectivity index (χ4v) is 1.97. The summed E-state index contributed by atoms with van der Waals surface area (Å²) in [5, 5.41) is 0. The highest BCUT2D eigenvalue weighted by molar-refractivity contribution is 4.91. The molecule has 2 heteroatoms. The van der Waals surface area contributed by atoms with Gasteiger partial charge >= 0.3 is 0 Å². The van der Waals surface area contributed by atoms with Gasteiger partial charge in [-0.05, 0) is 46.1 Å². The Morgan fingerprint density at radius 2 is 2.00 bits per heavy atom. The molecule has 0 aliphatic carbocycles. The molecule has 0 aromatic heterocycles. The number of rotatable bonds is 6. The summed E-state index contributed by atoms with van der Waals surface area (Å²) in [6.45, 7) is 16.1. The first-order valence-electron chi connectivity index (χ1n) is 7.11. The van der Waals surface area contributed by atoms with E-state index in [9.17, 15) is 0 Å². The van der Waals surface area contributed by atoms with Crippen molar-refractivity contribution in [1.82, 2.24) is 4.90 Å². The molecule has 0 spiro atoms. The van der Waals surface area contributed by atoms with Crippen LogP contribution in [0.2, 0.25) is 0 Å². The lowest BCUT2D eigenvalue weighted by atomic mass is 9.89. The Balaban J connectivity index is 0.00000121. The zero-order valence-electron chi connectivity index (χ0n) is 12.7. The molecule has 1 aliphatic rings. The Morgan fingerprint density at radius 3 is 2.41 bits per heavy atom. The van der Waals surface area contributed by atoms with E-state index in [0.717, 1.165) is 25.2 Å². The van der Waals surface area contributed by atoms with Gasteiger partial charge in [-0.15, -0.1) is 0 Å². The summed E-state index contributed by atoms with van der Waals surface area (Å²) in [6.07, 6.45) is 5.67. The van der Waals surface area contributed by atoms with Crippen LogP contribution in [0.5, 0.6) is 0 Å². The Bertz CT molecular complexity index is 221. The smallest absolute Gasteiger partial charge is 0.0889 e. The third-order valence-electron chi connectivity index (χ3n) is 3.24. The van der Waals surface area contributed by atoms with Gasteiger partial charge < -0.3 is 4.74 Å². The van der Waals surface area contributed by atoms with Crippen molar-refractivity contribution in [1.29, 1.82) is 0 Å². The summed E-state index contributed by atoms with van der Waals surface area (Å²) in [5.74, 6) is 1.07. The van der Waals surface area contributed by atoms with Gasteiger partial charge in [0.2, 0.25) is 0 Å². The Labute approximate surface area is 108 Å². The van der Waals surface area contributed by atoms with Crippen LogP contribution < -0.4 is 0 Å². The molecule has 17 heavy (non-hydrogen) atoms. The normalized spacial score (nSPS) is 19.1. The topological polar surface area (TPSA) is 12.5 Å². The van der Waals surface area contributed by atoms with E-state index >= 15 is 0 Å². The van der Waals surface area contributed by atoms with Crippen molar-refractivity contribution in [3.05, 3.63) is 11.8 Å². The average Bonchev–Trinajstić information content (AvgIpc) is 2.30. The van der Waals surface area contributed by atoms with Crippen LogP contribution in [0.3, 0.4) is 0 Å². The highest BCUT2D eigenvalue weighted by atomic mass is 16.5. The predicted molar refractivity (Wildman–Crippen MR) is 76.2 cm³/mol. The van der Waals surface area contributed by atoms with Gasteiger partial charge in [0.25, 0.3) is 0 Å². The molecule has 0 N–H and O–H groups in total. The van der Waals surface area contributed by atoms with Crippen LogP contribution >= 0.6 is 0 Å². The Hall–Kier alpha value is -0.500. The van der Waals surface area contributed by atoms with E-state index in [1.165, 1.54) is 19.5 Å². The van der Waals surface area contributed by atoms with Crippen LogP contribution in [0.4, 0.5) is 0 Å². The Morgan fingerprint density at radius 1 is 1.35 bits per heavy atom. The standard InChI is InChI=1S/C13H25NO.C2H6/c1-5-7-12(2)15-11-6-9-14-10-8-13(14,3)4;1-2/h7H,5-6,8-11H2,1-4H3;1-2H3/b12-7+;. The van der Waals surface area contributed by atoms with Gasteiger partial charge in [0.05, 0.1) is 12.4 Å². The van der Waals surface area contributed by atoms with E-state index in [1.807, 2.05) is 20.8 Å². The van der Waals surface area contributed by atoms with Crippen LogP contribution in [0.1, 0.15) is 60.8 Å². The van der Waals surface area contributed by atoms with Gasteiger partial charge in [-0.25, -0.2) is 0 Å². The third-order valence-corrected chi connectivity index (χ3v) is 3.24. The second-order valence-corrected chi connectivity index (χ2v) is 4.97. The molecule has 0 radical (unpaired) electrons. The summed E-state index contributed by atoms with van der Waals surface area (Å²) in [7, 11) is 0. The quantitative estimate of drug-likeness (QED) is 0.510. The SMILES string of the molecule is CC.CC/C=C(\C)OCCCN1CCC1(C)C. The molecule has 1 aliphatic heterocycles. The molecule has 0 unspecified atom stereocenters. The van der Waals surface area contributed by atoms with Gasteiger partial charge in [0.1, 0.15) is 0 Å². The summed E-state index contributed by atoms with van der Waals surface area (Å²) in [6, 6.07) is 0. The number of likely N-dealkylation sites (tertiary alicyclic amines) is 1. The van der Waals surface area contributed by atoms with Crippen molar-refractivity contribution in [3.63, 3.8) is 0 Å². The predicted octanol–water partition coefficient (Wildman–Crippen LogP) is 4.22. The van der Waals surface area contributed by atoms with E-state index in [-0.39, 0.29) is 0 Å². The minimum absolute atomic E-state index is 0.439. The average molecular weight is 241 g/mol. The van der Waals surface area contributed by atoms with Gasteiger partial charge in [-0.2, -0.15) is 0 Å². The molecule has 1 heterocycles. The molecular weight excluding hydrogens is 210 g/mol. The lowest BCUT2D eigenvalue weighted by Crippen LogP contribution is -2.55. The first kappa shape index (κ1) is 16.5. The summed E-state index contributed by atoms with van der Waals surface area (Å²) >= 11 is 0. The molecule has 2 nitrogen and oxygen atoms in total. The fourth-order valence-electron chi connectivity index (χ4n) is 1.97. The van der Waals surface area contributed by atoms with Crippen molar-refractivity contribution in [3.8, 4) is 0 Å². The van der Waals surface area contributed by atoms with Crippen molar-refractivity contribution < 1.29 is 4.74 Å². The second kappa shape index (κ2) is 8.57. The maximum Gasteiger partial charge on any atom is 0.0889 e. The molecule has 0 atom stereocenters. The molecular formula is C15H31NO. The minimum Gasteiger partial charge on any atom is -0.499 e. The monoisotopic (exact) mass is 241 g/mol. The van der Waals surface area contributed by atoms with Crippen LogP contribution in [-0.4, -0.2) is 30.1 Å². The van der Waals surface area contributed by atoms with Crippen molar-refractivity contribution in [2.75, 3.05) is 19.7 Å². The lowest BCUT2D eigenvalue weighted by Gasteiger charge is -2.48. The number of hydrogen-bond donors (Lipinski definition) is 0. The maximum atomic E-state index is 5.60. The Kier molecular flexibility index (Phi) is 8.32. The number of ether oxygens (including phenoxy) is 1. The molecule has 0 aromatic carbocycles. The third kappa shape index (κ3) is 6.11. The van der Waals surface area contributed by atoms with Gasteiger partial charge in [-0.3, -0.25) is 4.90 Å². The molecule has 1 rings (SSSR count). The number of hydrogen-bond acceptors (Lipinski definition) is 2. The molecule has 0 bridgehead atoms. The fraction of sp³-hybridized carbons (Fsp3) is 0.867. The van der Waals surface area contributed by atoms with E-state index in [1.54, 1.807) is 0 Å². The van der Waals surface area contributed by atoms with Crippen molar-refractivity contribution in [2.45, 2.75) is 66.3 Å². The van der Waals surface area contributed by atoms with Gasteiger partial charge in [-0.1, -0.05) is 20.8 Å². The largest absolute Gasteiger partial charge is 0.499 e. The van der Waals surface area contributed by atoms with Gasteiger partial charge in [0, 0.05) is 18.6 Å². The zero-order chi connectivity index (χ0) is 13.3. The summed E-state index contributed by atoms with van der Waals surface area (Å²) < 4.78 is 5.60. The summed E-state index contributed by atoms with van der Waals surface area (Å²) in [4.78, 5) is 2.54. The van der Waals surface area contributed by atoms with Gasteiger partial charge in [0.15, 0.2) is 0 Å². The number of nitrogens with zero attached hydrogens (tertiary/aromatic N) is 1. The molecule has 0 amide bonds. The highest BCUT2D eigenvalue weighted by Crippen LogP contribution is 2.28. The lowest BCUT2D eigenvalue weighted by molar-refractivity contribution is 0.0101. The van der Waals surface area contributed by atoms with Crippen LogP contribution in [0.25, 0.3) is 0 Å². The first-order valence-corrected chi connectivity index (χ1v) is 7.11. The van der Waals surface area contributed by atoms with E-state index in [2.05, 4.69) is 31.7 Å².